The molecule has 11 heteroatoms. The largest absolute Gasteiger partial charge is 0.453 e. The van der Waals surface area contributed by atoms with Crippen LogP contribution in [-0.4, -0.2) is 33.6 Å². The molecular formula is C16H15N5O5S. The van der Waals surface area contributed by atoms with Crippen LogP contribution in [0.25, 0.3) is 0 Å². The van der Waals surface area contributed by atoms with Crippen LogP contribution in [0.3, 0.4) is 0 Å². The number of anilines is 1. The summed E-state index contributed by atoms with van der Waals surface area (Å²) in [4.78, 5) is 32.3. The van der Waals surface area contributed by atoms with Crippen molar-refractivity contribution < 1.29 is 18.9 Å². The number of carbonyl (C=O) groups excluding carboxylic acids is 1. The molecular weight excluding hydrogens is 374 g/mol. The molecule has 10 nitrogen and oxygen atoms in total. The highest BCUT2D eigenvalue weighted by Gasteiger charge is 2.17. The SMILES string of the molecule is COC(=O)Nc1nc(CON=C(c2ccccc2)c2noc(=O)n2C)cs1. The van der Waals surface area contributed by atoms with Gasteiger partial charge in [0.2, 0.25) is 5.82 Å². The van der Waals surface area contributed by atoms with Gasteiger partial charge in [-0.05, 0) is 0 Å². The van der Waals surface area contributed by atoms with Crippen molar-refractivity contribution >= 4 is 28.3 Å². The first kappa shape index (κ1) is 18.3. The maximum absolute atomic E-state index is 11.6. The van der Waals surface area contributed by atoms with Gasteiger partial charge >= 0.3 is 11.8 Å². The number of nitrogens with one attached hydrogen (secondary N) is 1. The summed E-state index contributed by atoms with van der Waals surface area (Å²) < 4.78 is 10.4. The normalized spacial score (nSPS) is 11.3. The molecule has 0 saturated heterocycles. The number of rotatable bonds is 6. The van der Waals surface area contributed by atoms with E-state index in [1.807, 2.05) is 30.3 Å². The summed E-state index contributed by atoms with van der Waals surface area (Å²) in [5, 5.41) is 12.4. The van der Waals surface area contributed by atoms with E-state index >= 15 is 0 Å². The van der Waals surface area contributed by atoms with E-state index in [1.54, 1.807) is 5.38 Å². The van der Waals surface area contributed by atoms with Gasteiger partial charge in [0.25, 0.3) is 0 Å². The first-order valence-electron chi connectivity index (χ1n) is 7.66. The number of ether oxygens (including phenoxy) is 1. The van der Waals surface area contributed by atoms with E-state index < -0.39 is 11.8 Å². The van der Waals surface area contributed by atoms with Crippen molar-refractivity contribution in [1.29, 1.82) is 0 Å². The van der Waals surface area contributed by atoms with Gasteiger partial charge in [-0.1, -0.05) is 40.6 Å². The lowest BCUT2D eigenvalue weighted by molar-refractivity contribution is 0.128. The van der Waals surface area contributed by atoms with Crippen LogP contribution in [0, 0.1) is 0 Å². The van der Waals surface area contributed by atoms with Gasteiger partial charge < -0.3 is 9.57 Å². The highest BCUT2D eigenvalue weighted by Crippen LogP contribution is 2.16. The Hall–Kier alpha value is -3.47. The van der Waals surface area contributed by atoms with Crippen molar-refractivity contribution in [3.05, 3.63) is 63.3 Å². The van der Waals surface area contributed by atoms with E-state index in [-0.39, 0.29) is 12.4 Å². The highest BCUT2D eigenvalue weighted by molar-refractivity contribution is 7.13. The number of hydrogen-bond donors (Lipinski definition) is 1. The molecule has 1 amide bonds. The molecule has 0 spiro atoms. The number of carbonyl (C=O) groups is 1. The fourth-order valence-corrected chi connectivity index (χ4v) is 2.72. The third kappa shape index (κ3) is 4.39. The fourth-order valence-electron chi connectivity index (χ4n) is 2.04. The molecule has 3 rings (SSSR count). The number of thiazole rings is 1. The number of nitrogens with zero attached hydrogens (tertiary/aromatic N) is 4. The average Bonchev–Trinajstić information content (AvgIpc) is 3.26. The predicted octanol–water partition coefficient (Wildman–Crippen LogP) is 1.98. The Kier molecular flexibility index (Phi) is 5.61. The molecule has 0 aliphatic carbocycles. The minimum Gasteiger partial charge on any atom is -0.453 e. The van der Waals surface area contributed by atoms with Gasteiger partial charge in [0.15, 0.2) is 17.5 Å². The number of methoxy groups -OCH3 is 1. The van der Waals surface area contributed by atoms with Crippen molar-refractivity contribution in [3.63, 3.8) is 0 Å². The van der Waals surface area contributed by atoms with Gasteiger partial charge in [0, 0.05) is 18.0 Å². The zero-order valence-electron chi connectivity index (χ0n) is 14.4. The Morgan fingerprint density at radius 1 is 1.37 bits per heavy atom. The zero-order valence-corrected chi connectivity index (χ0v) is 15.2. The van der Waals surface area contributed by atoms with Crippen LogP contribution < -0.4 is 11.1 Å². The molecule has 27 heavy (non-hydrogen) atoms. The van der Waals surface area contributed by atoms with Crippen LogP contribution in [0.4, 0.5) is 9.93 Å². The molecule has 0 unspecified atom stereocenters. The third-order valence-electron chi connectivity index (χ3n) is 3.38. The van der Waals surface area contributed by atoms with Crippen LogP contribution in [0.15, 0.2) is 50.2 Å². The first-order valence-corrected chi connectivity index (χ1v) is 8.54. The molecule has 0 atom stereocenters. The lowest BCUT2D eigenvalue weighted by Gasteiger charge is -2.05. The van der Waals surface area contributed by atoms with Gasteiger partial charge in [-0.15, -0.1) is 11.3 Å². The van der Waals surface area contributed by atoms with Crippen LogP contribution in [0.2, 0.25) is 0 Å². The lowest BCUT2D eigenvalue weighted by atomic mass is 10.1. The molecule has 2 aromatic heterocycles. The van der Waals surface area contributed by atoms with Gasteiger partial charge in [0.1, 0.15) is 0 Å². The maximum Gasteiger partial charge on any atom is 0.441 e. The smallest absolute Gasteiger partial charge is 0.441 e. The second kappa shape index (κ2) is 8.27. The minimum atomic E-state index is -0.605. The summed E-state index contributed by atoms with van der Waals surface area (Å²) in [6.07, 6.45) is -0.604. The fraction of sp³-hybridized carbons (Fsp3) is 0.188. The highest BCUT2D eigenvalue weighted by atomic mass is 32.1. The van der Waals surface area contributed by atoms with E-state index in [4.69, 9.17) is 4.84 Å². The Balaban J connectivity index is 1.78. The molecule has 0 saturated carbocycles. The van der Waals surface area contributed by atoms with Gasteiger partial charge in [-0.2, -0.15) is 0 Å². The van der Waals surface area contributed by atoms with Crippen LogP contribution in [-0.2, 0) is 23.2 Å². The van der Waals surface area contributed by atoms with Crippen LogP contribution in [0.5, 0.6) is 0 Å². The lowest BCUT2D eigenvalue weighted by Crippen LogP contribution is -2.17. The van der Waals surface area contributed by atoms with Crippen molar-refractivity contribution in [3.8, 4) is 0 Å². The van der Waals surface area contributed by atoms with E-state index in [0.717, 1.165) is 0 Å². The minimum absolute atomic E-state index is 0.0570. The van der Waals surface area contributed by atoms with Gasteiger partial charge in [0.05, 0.1) is 12.8 Å². The van der Waals surface area contributed by atoms with Crippen molar-refractivity contribution in [2.24, 2.45) is 12.2 Å². The number of oxime groups is 1. The van der Waals surface area contributed by atoms with Crippen molar-refractivity contribution in [2.75, 3.05) is 12.4 Å². The molecule has 0 aliphatic rings. The summed E-state index contributed by atoms with van der Waals surface area (Å²) in [6, 6.07) is 9.13. The molecule has 1 aromatic carbocycles. The van der Waals surface area contributed by atoms with Gasteiger partial charge in [-0.25, -0.2) is 14.6 Å². The third-order valence-corrected chi connectivity index (χ3v) is 4.18. The Morgan fingerprint density at radius 2 is 2.15 bits per heavy atom. The molecule has 1 N–H and O–H groups in total. The molecule has 0 fully saturated rings. The second-order valence-electron chi connectivity index (χ2n) is 5.17. The number of aromatic nitrogens is 3. The molecule has 0 aliphatic heterocycles. The molecule has 140 valence electrons. The maximum atomic E-state index is 11.6. The summed E-state index contributed by atoms with van der Waals surface area (Å²) in [6.45, 7) is 0.0570. The van der Waals surface area contributed by atoms with Crippen LogP contribution >= 0.6 is 11.3 Å². The Bertz CT molecular complexity index is 1010. The number of amides is 1. The Morgan fingerprint density at radius 3 is 2.81 bits per heavy atom. The Labute approximate surface area is 157 Å². The quantitative estimate of drug-likeness (QED) is 0.505. The summed E-state index contributed by atoms with van der Waals surface area (Å²) in [7, 11) is 2.79. The summed E-state index contributed by atoms with van der Waals surface area (Å²) in [5.74, 6) is -0.371. The summed E-state index contributed by atoms with van der Waals surface area (Å²) >= 11 is 1.23. The molecule has 2 heterocycles. The topological polar surface area (TPSA) is 121 Å². The van der Waals surface area contributed by atoms with Crippen molar-refractivity contribution in [1.82, 2.24) is 14.7 Å². The number of hydrogen-bond acceptors (Lipinski definition) is 9. The van der Waals surface area contributed by atoms with E-state index in [1.165, 1.54) is 30.1 Å². The molecule has 0 bridgehead atoms. The number of benzene rings is 1. The monoisotopic (exact) mass is 389 g/mol. The molecule has 0 radical (unpaired) electrons. The van der Waals surface area contributed by atoms with Crippen LogP contribution in [0.1, 0.15) is 17.1 Å². The van der Waals surface area contributed by atoms with Gasteiger partial charge in [-0.3, -0.25) is 14.4 Å². The summed E-state index contributed by atoms with van der Waals surface area (Å²) in [5.41, 5.74) is 1.61. The van der Waals surface area contributed by atoms with E-state index in [2.05, 4.69) is 29.9 Å². The van der Waals surface area contributed by atoms with E-state index in [9.17, 15) is 9.59 Å². The standard InChI is InChI=1S/C16H15N5O5S/c1-21-13(20-26-16(21)23)12(10-6-4-3-5-7-10)19-25-8-11-9-27-14(17-11)18-15(22)24-2/h3-7,9H,8H2,1-2H3,(H,17,18,22). The second-order valence-corrected chi connectivity index (χ2v) is 6.03. The average molecular weight is 389 g/mol. The van der Waals surface area contributed by atoms with E-state index in [0.29, 0.717) is 22.1 Å². The molecule has 3 aromatic rings. The predicted molar refractivity (Wildman–Crippen MR) is 96.8 cm³/mol. The zero-order chi connectivity index (χ0) is 19.2. The first-order chi connectivity index (χ1) is 13.1. The van der Waals surface area contributed by atoms with Crippen molar-refractivity contribution in [2.45, 2.75) is 6.61 Å².